The van der Waals surface area contributed by atoms with E-state index in [1.54, 1.807) is 0 Å². The van der Waals surface area contributed by atoms with E-state index in [0.717, 1.165) is 6.54 Å². The average Bonchev–Trinajstić information content (AvgIpc) is 2.95. The Morgan fingerprint density at radius 3 is 2.64 bits per heavy atom. The SMILES string of the molecule is CN(Cc1noc(CN)n1)Cc1cccc2ccccc12.Cl. The Balaban J connectivity index is 0.00000176. The molecule has 0 atom stereocenters. The van der Waals surface area contributed by atoms with E-state index in [2.05, 4.69) is 57.5 Å². The number of halogens is 1. The van der Waals surface area contributed by atoms with Gasteiger partial charge in [-0.2, -0.15) is 4.98 Å². The van der Waals surface area contributed by atoms with Gasteiger partial charge in [0.2, 0.25) is 5.89 Å². The molecule has 0 fully saturated rings. The lowest BCUT2D eigenvalue weighted by Crippen LogP contribution is -2.18. The largest absolute Gasteiger partial charge is 0.338 e. The maximum Gasteiger partial charge on any atom is 0.240 e. The average molecular weight is 319 g/mol. The monoisotopic (exact) mass is 318 g/mol. The Labute approximate surface area is 135 Å². The fourth-order valence-electron chi connectivity index (χ4n) is 2.46. The molecular weight excluding hydrogens is 300 g/mol. The molecule has 0 aliphatic heterocycles. The Kier molecular flexibility index (Phi) is 5.49. The minimum Gasteiger partial charge on any atom is -0.338 e. The number of aromatic nitrogens is 2. The summed E-state index contributed by atoms with van der Waals surface area (Å²) in [6.07, 6.45) is 0. The number of nitrogens with zero attached hydrogens (tertiary/aromatic N) is 3. The summed E-state index contributed by atoms with van der Waals surface area (Å²) in [6.45, 7) is 1.74. The van der Waals surface area contributed by atoms with Crippen molar-refractivity contribution < 1.29 is 4.52 Å². The van der Waals surface area contributed by atoms with Crippen molar-refractivity contribution in [3.05, 3.63) is 59.7 Å². The first kappa shape index (κ1) is 16.4. The molecule has 1 aromatic heterocycles. The number of fused-ring (bicyclic) bond motifs is 1. The van der Waals surface area contributed by atoms with E-state index in [1.165, 1.54) is 16.3 Å². The molecule has 5 nitrogen and oxygen atoms in total. The molecule has 0 saturated heterocycles. The second kappa shape index (κ2) is 7.35. The van der Waals surface area contributed by atoms with Crippen LogP contribution in [0.4, 0.5) is 0 Å². The van der Waals surface area contributed by atoms with Crippen LogP contribution in [0.15, 0.2) is 47.0 Å². The molecule has 22 heavy (non-hydrogen) atoms. The molecule has 0 aliphatic rings. The van der Waals surface area contributed by atoms with Crippen molar-refractivity contribution in [1.82, 2.24) is 15.0 Å². The van der Waals surface area contributed by atoms with Crippen molar-refractivity contribution in [1.29, 1.82) is 0 Å². The van der Waals surface area contributed by atoms with Gasteiger partial charge in [-0.1, -0.05) is 47.6 Å². The first-order valence-electron chi connectivity index (χ1n) is 6.93. The summed E-state index contributed by atoms with van der Waals surface area (Å²) in [7, 11) is 2.04. The van der Waals surface area contributed by atoms with Gasteiger partial charge in [0.25, 0.3) is 0 Å². The first-order valence-corrected chi connectivity index (χ1v) is 6.93. The van der Waals surface area contributed by atoms with Crippen LogP contribution >= 0.6 is 12.4 Å². The van der Waals surface area contributed by atoms with Gasteiger partial charge in [0.05, 0.1) is 13.1 Å². The van der Waals surface area contributed by atoms with Gasteiger partial charge in [0.15, 0.2) is 5.82 Å². The Morgan fingerprint density at radius 1 is 1.09 bits per heavy atom. The molecule has 2 N–H and O–H groups in total. The Morgan fingerprint density at radius 2 is 1.86 bits per heavy atom. The maximum atomic E-state index is 5.47. The Hall–Kier alpha value is -1.95. The minimum atomic E-state index is 0. The second-order valence-corrected chi connectivity index (χ2v) is 5.12. The third-order valence-corrected chi connectivity index (χ3v) is 3.42. The quantitative estimate of drug-likeness (QED) is 0.783. The predicted octanol–water partition coefficient (Wildman–Crippen LogP) is 2.74. The molecule has 2 aromatic carbocycles. The zero-order valence-electron chi connectivity index (χ0n) is 12.4. The standard InChI is InChI=1S/C16H18N4O.ClH/c1-20(11-15-18-16(9-17)21-19-15)10-13-7-4-6-12-5-2-3-8-14(12)13;/h2-8H,9-11,17H2,1H3;1H. The molecular formula is C16H19ClN4O. The van der Waals surface area contributed by atoms with Gasteiger partial charge in [-0.05, 0) is 23.4 Å². The van der Waals surface area contributed by atoms with Gasteiger partial charge in [-0.15, -0.1) is 12.4 Å². The van der Waals surface area contributed by atoms with Crippen LogP contribution in [-0.2, 0) is 19.6 Å². The summed E-state index contributed by atoms with van der Waals surface area (Å²) in [4.78, 5) is 6.39. The summed E-state index contributed by atoms with van der Waals surface area (Å²) in [5.41, 5.74) is 6.76. The van der Waals surface area contributed by atoms with Crippen molar-refractivity contribution in [2.45, 2.75) is 19.6 Å². The highest BCUT2D eigenvalue weighted by Gasteiger charge is 2.09. The number of benzene rings is 2. The van der Waals surface area contributed by atoms with E-state index in [4.69, 9.17) is 10.3 Å². The summed E-state index contributed by atoms with van der Waals surface area (Å²) < 4.78 is 5.02. The first-order chi connectivity index (χ1) is 10.3. The molecule has 6 heteroatoms. The summed E-state index contributed by atoms with van der Waals surface area (Å²) in [5.74, 6) is 1.14. The molecule has 0 unspecified atom stereocenters. The van der Waals surface area contributed by atoms with Crippen LogP contribution in [0.3, 0.4) is 0 Å². The van der Waals surface area contributed by atoms with Gasteiger partial charge in [-0.3, -0.25) is 4.90 Å². The fraction of sp³-hybridized carbons (Fsp3) is 0.250. The number of hydrogen-bond acceptors (Lipinski definition) is 5. The molecule has 0 aliphatic carbocycles. The number of rotatable bonds is 5. The lowest BCUT2D eigenvalue weighted by atomic mass is 10.0. The minimum absolute atomic E-state index is 0. The fourth-order valence-corrected chi connectivity index (χ4v) is 2.46. The molecule has 116 valence electrons. The van der Waals surface area contributed by atoms with Gasteiger partial charge < -0.3 is 10.3 Å². The summed E-state index contributed by atoms with van der Waals surface area (Å²) in [5, 5.41) is 6.46. The Bertz CT molecular complexity index is 738. The van der Waals surface area contributed by atoms with Gasteiger partial charge in [0.1, 0.15) is 0 Å². The topological polar surface area (TPSA) is 68.2 Å². The van der Waals surface area contributed by atoms with Crippen molar-refractivity contribution in [3.8, 4) is 0 Å². The lowest BCUT2D eigenvalue weighted by molar-refractivity contribution is 0.300. The van der Waals surface area contributed by atoms with E-state index < -0.39 is 0 Å². The summed E-state index contributed by atoms with van der Waals surface area (Å²) >= 11 is 0. The van der Waals surface area contributed by atoms with Gasteiger partial charge in [-0.25, -0.2) is 0 Å². The summed E-state index contributed by atoms with van der Waals surface area (Å²) in [6, 6.07) is 14.8. The third-order valence-electron chi connectivity index (χ3n) is 3.42. The van der Waals surface area contributed by atoms with Crippen LogP contribution in [0, 0.1) is 0 Å². The van der Waals surface area contributed by atoms with Crippen molar-refractivity contribution in [2.24, 2.45) is 5.73 Å². The van der Waals surface area contributed by atoms with Crippen LogP contribution in [0.1, 0.15) is 17.3 Å². The van der Waals surface area contributed by atoms with Gasteiger partial charge >= 0.3 is 0 Å². The molecule has 1 heterocycles. The van der Waals surface area contributed by atoms with E-state index in [9.17, 15) is 0 Å². The molecule has 0 saturated carbocycles. The zero-order chi connectivity index (χ0) is 14.7. The van der Waals surface area contributed by atoms with E-state index in [0.29, 0.717) is 18.3 Å². The number of nitrogens with two attached hydrogens (primary N) is 1. The molecule has 0 bridgehead atoms. The highest BCUT2D eigenvalue weighted by molar-refractivity contribution is 5.85. The lowest BCUT2D eigenvalue weighted by Gasteiger charge is -2.16. The number of hydrogen-bond donors (Lipinski definition) is 1. The van der Waals surface area contributed by atoms with Gasteiger partial charge in [0, 0.05) is 6.54 Å². The molecule has 0 radical (unpaired) electrons. The molecule has 0 amide bonds. The molecule has 3 rings (SSSR count). The third kappa shape index (κ3) is 3.62. The van der Waals surface area contributed by atoms with Crippen LogP contribution in [0.5, 0.6) is 0 Å². The highest BCUT2D eigenvalue weighted by atomic mass is 35.5. The van der Waals surface area contributed by atoms with Crippen LogP contribution in [-0.4, -0.2) is 22.1 Å². The second-order valence-electron chi connectivity index (χ2n) is 5.12. The van der Waals surface area contributed by atoms with Crippen LogP contribution in [0.2, 0.25) is 0 Å². The molecule has 0 spiro atoms. The van der Waals surface area contributed by atoms with Crippen LogP contribution in [0.25, 0.3) is 10.8 Å². The van der Waals surface area contributed by atoms with E-state index in [1.807, 2.05) is 7.05 Å². The normalized spacial score (nSPS) is 10.9. The molecule has 3 aromatic rings. The van der Waals surface area contributed by atoms with E-state index in [-0.39, 0.29) is 19.0 Å². The van der Waals surface area contributed by atoms with Crippen molar-refractivity contribution in [3.63, 3.8) is 0 Å². The zero-order valence-corrected chi connectivity index (χ0v) is 13.2. The van der Waals surface area contributed by atoms with Crippen LogP contribution < -0.4 is 5.73 Å². The smallest absolute Gasteiger partial charge is 0.240 e. The van der Waals surface area contributed by atoms with Crippen molar-refractivity contribution in [2.75, 3.05) is 7.05 Å². The van der Waals surface area contributed by atoms with Crippen molar-refractivity contribution >= 4 is 23.2 Å². The highest BCUT2D eigenvalue weighted by Crippen LogP contribution is 2.20. The predicted molar refractivity (Wildman–Crippen MR) is 88.6 cm³/mol. The van der Waals surface area contributed by atoms with E-state index >= 15 is 0 Å². The maximum absolute atomic E-state index is 5.47.